The van der Waals surface area contributed by atoms with E-state index in [1.54, 1.807) is 10.9 Å². The first-order chi connectivity index (χ1) is 8.63. The number of imidazole rings is 1. The van der Waals surface area contributed by atoms with E-state index in [-0.39, 0.29) is 12.8 Å². The number of anilines is 1. The van der Waals surface area contributed by atoms with Crippen LogP contribution in [-0.4, -0.2) is 43.4 Å². The van der Waals surface area contributed by atoms with Gasteiger partial charge in [0, 0.05) is 6.42 Å². The van der Waals surface area contributed by atoms with Crippen molar-refractivity contribution in [1.29, 1.82) is 0 Å². The number of hydrogen-bond donors (Lipinski definition) is 3. The average Bonchev–Trinajstić information content (AvgIpc) is 2.94. The number of nitrogen functional groups attached to an aromatic ring is 1. The first-order valence-corrected chi connectivity index (χ1v) is 5.57. The van der Waals surface area contributed by atoms with Gasteiger partial charge in [-0.3, -0.25) is 4.57 Å². The maximum atomic E-state index is 9.22. The van der Waals surface area contributed by atoms with E-state index in [4.69, 9.17) is 16.2 Å². The van der Waals surface area contributed by atoms with Gasteiger partial charge in [-0.25, -0.2) is 15.0 Å². The van der Waals surface area contributed by atoms with Crippen molar-refractivity contribution in [3.05, 3.63) is 12.7 Å². The summed E-state index contributed by atoms with van der Waals surface area (Å²) in [6.45, 7) is 0.182. The van der Waals surface area contributed by atoms with Gasteiger partial charge in [-0.2, -0.15) is 0 Å². The van der Waals surface area contributed by atoms with Crippen LogP contribution in [0.5, 0.6) is 0 Å². The molecule has 1 fully saturated rings. The van der Waals surface area contributed by atoms with Crippen LogP contribution in [0, 0.1) is 0 Å². The Kier molecular flexibility index (Phi) is 2.44. The number of aliphatic hydroxyl groups is 1. The standard InChI is InChI=1S/C10H14N6O2/c11-8-7-9(14-4-13-8)16(5-15-7)6-1-10(12,2-17)3-18-6/h4-6,17H,1-3,12H2,(H2,11,13,14)/t6-,10-/m1/s1. The van der Waals surface area contributed by atoms with Gasteiger partial charge in [0.25, 0.3) is 0 Å². The van der Waals surface area contributed by atoms with Crippen molar-refractivity contribution in [3.63, 3.8) is 0 Å². The normalized spacial score (nSPS) is 28.0. The zero-order valence-electron chi connectivity index (χ0n) is 9.65. The third-order valence-corrected chi connectivity index (χ3v) is 3.16. The van der Waals surface area contributed by atoms with Crippen LogP contribution in [0.25, 0.3) is 11.2 Å². The molecule has 1 saturated heterocycles. The van der Waals surface area contributed by atoms with Crippen LogP contribution >= 0.6 is 0 Å². The molecule has 0 aromatic carbocycles. The van der Waals surface area contributed by atoms with Crippen LogP contribution in [-0.2, 0) is 4.74 Å². The van der Waals surface area contributed by atoms with Crippen LogP contribution in [0.3, 0.4) is 0 Å². The van der Waals surface area contributed by atoms with Crippen molar-refractivity contribution in [3.8, 4) is 0 Å². The van der Waals surface area contributed by atoms with Crippen molar-refractivity contribution in [2.45, 2.75) is 18.2 Å². The number of ether oxygens (including phenoxy) is 1. The first-order valence-electron chi connectivity index (χ1n) is 5.57. The van der Waals surface area contributed by atoms with Gasteiger partial charge in [0.15, 0.2) is 11.5 Å². The molecular weight excluding hydrogens is 236 g/mol. The van der Waals surface area contributed by atoms with Crippen molar-refractivity contribution in [1.82, 2.24) is 19.5 Å². The van der Waals surface area contributed by atoms with Crippen LogP contribution < -0.4 is 11.5 Å². The zero-order chi connectivity index (χ0) is 12.8. The van der Waals surface area contributed by atoms with Crippen molar-refractivity contribution in [2.75, 3.05) is 18.9 Å². The lowest BCUT2D eigenvalue weighted by Gasteiger charge is -2.18. The van der Waals surface area contributed by atoms with Crippen LogP contribution in [0.4, 0.5) is 5.82 Å². The van der Waals surface area contributed by atoms with Crippen molar-refractivity contribution in [2.24, 2.45) is 5.73 Å². The lowest BCUT2D eigenvalue weighted by Crippen LogP contribution is -2.44. The van der Waals surface area contributed by atoms with Gasteiger partial charge in [0.2, 0.25) is 0 Å². The van der Waals surface area contributed by atoms with Crippen molar-refractivity contribution < 1.29 is 9.84 Å². The van der Waals surface area contributed by atoms with Gasteiger partial charge >= 0.3 is 0 Å². The second-order valence-electron chi connectivity index (χ2n) is 4.57. The third kappa shape index (κ3) is 1.62. The summed E-state index contributed by atoms with van der Waals surface area (Å²) < 4.78 is 7.35. The Labute approximate surface area is 103 Å². The van der Waals surface area contributed by atoms with E-state index >= 15 is 0 Å². The number of aromatic nitrogens is 4. The summed E-state index contributed by atoms with van der Waals surface area (Å²) in [5.74, 6) is 0.331. The molecule has 1 aliphatic rings. The summed E-state index contributed by atoms with van der Waals surface area (Å²) in [6.07, 6.45) is 3.19. The molecule has 3 rings (SSSR count). The van der Waals surface area contributed by atoms with Crippen molar-refractivity contribution >= 4 is 17.0 Å². The Morgan fingerprint density at radius 3 is 3.06 bits per heavy atom. The van der Waals surface area contributed by atoms with E-state index in [0.717, 1.165) is 0 Å². The predicted molar refractivity (Wildman–Crippen MR) is 63.3 cm³/mol. The minimum atomic E-state index is -0.708. The second-order valence-corrected chi connectivity index (χ2v) is 4.57. The summed E-state index contributed by atoms with van der Waals surface area (Å²) in [5, 5.41) is 9.22. The molecule has 8 heteroatoms. The summed E-state index contributed by atoms with van der Waals surface area (Å²) in [5.41, 5.74) is 12.1. The molecule has 0 unspecified atom stereocenters. The molecule has 0 spiro atoms. The molecule has 0 amide bonds. The van der Waals surface area contributed by atoms with Gasteiger partial charge in [-0.15, -0.1) is 0 Å². The molecular formula is C10H14N6O2. The molecule has 0 aliphatic carbocycles. The molecule has 18 heavy (non-hydrogen) atoms. The molecule has 2 aromatic heterocycles. The van der Waals surface area contributed by atoms with Gasteiger partial charge in [-0.1, -0.05) is 0 Å². The van der Waals surface area contributed by atoms with Gasteiger partial charge in [-0.05, 0) is 0 Å². The highest BCUT2D eigenvalue weighted by Crippen LogP contribution is 2.31. The number of aliphatic hydroxyl groups excluding tert-OH is 1. The molecule has 1 aliphatic heterocycles. The molecule has 0 saturated carbocycles. The van der Waals surface area contributed by atoms with E-state index in [0.29, 0.717) is 30.0 Å². The molecule has 0 bridgehead atoms. The molecule has 3 heterocycles. The molecule has 2 atom stereocenters. The third-order valence-electron chi connectivity index (χ3n) is 3.16. The van der Waals surface area contributed by atoms with E-state index in [1.165, 1.54) is 6.33 Å². The molecule has 5 N–H and O–H groups in total. The lowest BCUT2D eigenvalue weighted by molar-refractivity contribution is 0.0530. The molecule has 96 valence electrons. The number of fused-ring (bicyclic) bond motifs is 1. The quantitative estimate of drug-likeness (QED) is 0.625. The fraction of sp³-hybridized carbons (Fsp3) is 0.500. The SMILES string of the molecule is Nc1ncnc2c1ncn2[C@H]1C[C@@](N)(CO)CO1. The topological polar surface area (TPSA) is 125 Å². The maximum absolute atomic E-state index is 9.22. The highest BCUT2D eigenvalue weighted by molar-refractivity contribution is 5.81. The van der Waals surface area contributed by atoms with Gasteiger partial charge in [0.1, 0.15) is 18.1 Å². The number of hydrogen-bond acceptors (Lipinski definition) is 7. The Morgan fingerprint density at radius 2 is 2.33 bits per heavy atom. The summed E-state index contributed by atoms with van der Waals surface area (Å²) in [6, 6.07) is 0. The van der Waals surface area contributed by atoms with E-state index in [1.807, 2.05) is 0 Å². The van der Waals surface area contributed by atoms with Gasteiger partial charge in [0.05, 0.1) is 25.1 Å². The van der Waals surface area contributed by atoms with Gasteiger partial charge < -0.3 is 21.3 Å². The lowest BCUT2D eigenvalue weighted by atomic mass is 10.0. The zero-order valence-corrected chi connectivity index (χ0v) is 9.65. The van der Waals surface area contributed by atoms with Crippen LogP contribution in [0.2, 0.25) is 0 Å². The maximum Gasteiger partial charge on any atom is 0.167 e. The first kappa shape index (κ1) is 11.3. The molecule has 2 aromatic rings. The van der Waals surface area contributed by atoms with E-state index in [2.05, 4.69) is 15.0 Å². The Hall–Kier alpha value is -1.77. The fourth-order valence-electron chi connectivity index (χ4n) is 2.10. The van der Waals surface area contributed by atoms with Crippen LogP contribution in [0.15, 0.2) is 12.7 Å². The second kappa shape index (κ2) is 3.87. The summed E-state index contributed by atoms with van der Waals surface area (Å²) in [7, 11) is 0. The highest BCUT2D eigenvalue weighted by Gasteiger charge is 2.37. The molecule has 8 nitrogen and oxygen atoms in total. The number of rotatable bonds is 2. The monoisotopic (exact) mass is 250 g/mol. The summed E-state index contributed by atoms with van der Waals surface area (Å²) >= 11 is 0. The predicted octanol–water partition coefficient (Wildman–Crippen LogP) is -0.983. The highest BCUT2D eigenvalue weighted by atomic mass is 16.5. The van der Waals surface area contributed by atoms with E-state index in [9.17, 15) is 5.11 Å². The number of nitrogens with two attached hydrogens (primary N) is 2. The number of nitrogens with zero attached hydrogens (tertiary/aromatic N) is 4. The Balaban J connectivity index is 1.99. The largest absolute Gasteiger partial charge is 0.394 e. The average molecular weight is 250 g/mol. The Morgan fingerprint density at radius 1 is 1.50 bits per heavy atom. The Bertz CT molecular complexity index is 585. The minimum absolute atomic E-state index is 0.118. The smallest absolute Gasteiger partial charge is 0.167 e. The van der Waals surface area contributed by atoms with Crippen LogP contribution in [0.1, 0.15) is 12.6 Å². The van der Waals surface area contributed by atoms with E-state index < -0.39 is 5.54 Å². The summed E-state index contributed by atoms with van der Waals surface area (Å²) in [4.78, 5) is 12.2. The minimum Gasteiger partial charge on any atom is -0.394 e. The fourth-order valence-corrected chi connectivity index (χ4v) is 2.10. The molecule has 0 radical (unpaired) electrons.